The van der Waals surface area contributed by atoms with Gasteiger partial charge in [-0.1, -0.05) is 22.8 Å². The fraction of sp³-hybridized carbons (Fsp3) is 0.118. The maximum Gasteiger partial charge on any atom is 0.279 e. The molecule has 3 aromatic rings. The summed E-state index contributed by atoms with van der Waals surface area (Å²) in [5.74, 6) is 1.23. The predicted molar refractivity (Wildman–Crippen MR) is 90.4 cm³/mol. The van der Waals surface area contributed by atoms with Crippen LogP contribution < -0.4 is 10.1 Å². The Morgan fingerprint density at radius 3 is 2.58 bits per heavy atom. The molecule has 1 amide bonds. The zero-order valence-corrected chi connectivity index (χ0v) is 13.8. The second-order valence-electron chi connectivity index (χ2n) is 5.06. The highest BCUT2D eigenvalue weighted by Crippen LogP contribution is 2.30. The standard InChI is InChI=1S/C17H14ClN3O3/c1-10-7-14(21-24-10)17(22)20-16-6-4-12(9-19-16)11-3-5-15(23-2)13(18)8-11/h3-9H,1-2H3,(H,19,20,22). The van der Waals surface area contributed by atoms with Gasteiger partial charge in [0, 0.05) is 17.8 Å². The van der Waals surface area contributed by atoms with Crippen LogP contribution in [-0.4, -0.2) is 23.2 Å². The largest absolute Gasteiger partial charge is 0.495 e. The first kappa shape index (κ1) is 16.0. The Labute approximate surface area is 143 Å². The Morgan fingerprint density at radius 1 is 1.21 bits per heavy atom. The van der Waals surface area contributed by atoms with Gasteiger partial charge >= 0.3 is 0 Å². The number of carbonyl (C=O) groups excluding carboxylic acids is 1. The summed E-state index contributed by atoms with van der Waals surface area (Å²) >= 11 is 6.13. The highest BCUT2D eigenvalue weighted by atomic mass is 35.5. The molecule has 0 spiro atoms. The van der Waals surface area contributed by atoms with Gasteiger partial charge in [-0.2, -0.15) is 0 Å². The van der Waals surface area contributed by atoms with E-state index in [1.54, 1.807) is 44.5 Å². The van der Waals surface area contributed by atoms with E-state index in [-0.39, 0.29) is 11.6 Å². The van der Waals surface area contributed by atoms with Crippen molar-refractivity contribution in [3.8, 4) is 16.9 Å². The molecule has 0 radical (unpaired) electrons. The zero-order chi connectivity index (χ0) is 17.1. The van der Waals surface area contributed by atoms with Crippen LogP contribution in [0.5, 0.6) is 5.75 Å². The van der Waals surface area contributed by atoms with Gasteiger partial charge in [-0.3, -0.25) is 4.79 Å². The number of rotatable bonds is 4. The minimum Gasteiger partial charge on any atom is -0.495 e. The molecule has 0 saturated carbocycles. The SMILES string of the molecule is COc1ccc(-c2ccc(NC(=O)c3cc(C)on3)nc2)cc1Cl. The van der Waals surface area contributed by atoms with Crippen molar-refractivity contribution >= 4 is 23.3 Å². The number of nitrogens with zero attached hydrogens (tertiary/aromatic N) is 2. The van der Waals surface area contributed by atoms with Crippen LogP contribution in [0.2, 0.25) is 5.02 Å². The Bertz CT molecular complexity index is 875. The summed E-state index contributed by atoms with van der Waals surface area (Å²) in [4.78, 5) is 16.2. The van der Waals surface area contributed by atoms with Gasteiger partial charge < -0.3 is 14.6 Å². The number of hydrogen-bond acceptors (Lipinski definition) is 5. The van der Waals surface area contributed by atoms with Crippen LogP contribution in [-0.2, 0) is 0 Å². The highest BCUT2D eigenvalue weighted by molar-refractivity contribution is 6.32. The Hall–Kier alpha value is -2.86. The van der Waals surface area contributed by atoms with Crippen LogP contribution in [0, 0.1) is 6.92 Å². The number of nitrogens with one attached hydrogen (secondary N) is 1. The lowest BCUT2D eigenvalue weighted by Gasteiger charge is -2.07. The van der Waals surface area contributed by atoms with Crippen LogP contribution in [0.1, 0.15) is 16.2 Å². The van der Waals surface area contributed by atoms with E-state index in [0.29, 0.717) is 22.4 Å². The highest BCUT2D eigenvalue weighted by Gasteiger charge is 2.12. The van der Waals surface area contributed by atoms with E-state index in [1.165, 1.54) is 0 Å². The molecule has 1 aromatic carbocycles. The summed E-state index contributed by atoms with van der Waals surface area (Å²) in [6.45, 7) is 1.72. The van der Waals surface area contributed by atoms with Crippen molar-refractivity contribution < 1.29 is 14.1 Å². The molecule has 122 valence electrons. The van der Waals surface area contributed by atoms with E-state index in [9.17, 15) is 4.79 Å². The van der Waals surface area contributed by atoms with Crippen molar-refractivity contribution in [1.82, 2.24) is 10.1 Å². The minimum atomic E-state index is -0.375. The number of amides is 1. The molecule has 7 heteroatoms. The van der Waals surface area contributed by atoms with Crippen LogP contribution in [0.4, 0.5) is 5.82 Å². The van der Waals surface area contributed by atoms with E-state index in [1.807, 2.05) is 12.1 Å². The van der Waals surface area contributed by atoms with Crippen molar-refractivity contribution in [2.24, 2.45) is 0 Å². The number of hydrogen-bond donors (Lipinski definition) is 1. The molecule has 0 unspecified atom stereocenters. The number of aryl methyl sites for hydroxylation is 1. The van der Waals surface area contributed by atoms with Crippen LogP contribution in [0.3, 0.4) is 0 Å². The lowest BCUT2D eigenvalue weighted by molar-refractivity contribution is 0.101. The Balaban J connectivity index is 1.75. The third-order valence-electron chi connectivity index (χ3n) is 3.35. The van der Waals surface area contributed by atoms with Gasteiger partial charge in [0.25, 0.3) is 5.91 Å². The van der Waals surface area contributed by atoms with Gasteiger partial charge in [0.2, 0.25) is 0 Å². The first-order chi connectivity index (χ1) is 11.6. The molecular weight excluding hydrogens is 330 g/mol. The second kappa shape index (κ2) is 6.72. The molecule has 0 saturated heterocycles. The maximum absolute atomic E-state index is 12.0. The predicted octanol–water partition coefficient (Wildman–Crippen LogP) is 3.96. The van der Waals surface area contributed by atoms with E-state index in [0.717, 1.165) is 11.1 Å². The number of methoxy groups -OCH3 is 1. The summed E-state index contributed by atoms with van der Waals surface area (Å²) in [5.41, 5.74) is 1.98. The number of pyridine rings is 1. The molecule has 2 heterocycles. The van der Waals surface area contributed by atoms with E-state index < -0.39 is 0 Å². The summed E-state index contributed by atoms with van der Waals surface area (Å²) in [6, 6.07) is 10.6. The quantitative estimate of drug-likeness (QED) is 0.775. The normalized spacial score (nSPS) is 10.5. The average molecular weight is 344 g/mol. The molecule has 0 aliphatic rings. The second-order valence-corrected chi connectivity index (χ2v) is 5.47. The molecule has 6 nitrogen and oxygen atoms in total. The van der Waals surface area contributed by atoms with Gasteiger partial charge in [0.15, 0.2) is 5.69 Å². The van der Waals surface area contributed by atoms with Crippen molar-refractivity contribution in [3.05, 3.63) is 59.1 Å². The van der Waals surface area contributed by atoms with Crippen LogP contribution in [0.15, 0.2) is 47.1 Å². The summed E-state index contributed by atoms with van der Waals surface area (Å²) in [7, 11) is 1.57. The number of benzene rings is 1. The van der Waals surface area contributed by atoms with Gasteiger partial charge in [0.05, 0.1) is 12.1 Å². The third kappa shape index (κ3) is 3.38. The maximum atomic E-state index is 12.0. The summed E-state index contributed by atoms with van der Waals surface area (Å²) in [6.07, 6.45) is 1.65. The molecular formula is C17H14ClN3O3. The van der Waals surface area contributed by atoms with Gasteiger partial charge in [-0.05, 0) is 36.8 Å². The first-order valence-corrected chi connectivity index (χ1v) is 7.49. The van der Waals surface area contributed by atoms with E-state index in [2.05, 4.69) is 15.5 Å². The van der Waals surface area contributed by atoms with Crippen LogP contribution >= 0.6 is 11.6 Å². The zero-order valence-electron chi connectivity index (χ0n) is 13.0. The Morgan fingerprint density at radius 2 is 2.00 bits per heavy atom. The number of ether oxygens (including phenoxy) is 1. The fourth-order valence-corrected chi connectivity index (χ4v) is 2.40. The number of aromatic nitrogens is 2. The molecule has 0 aliphatic heterocycles. The van der Waals surface area contributed by atoms with Crippen molar-refractivity contribution in [1.29, 1.82) is 0 Å². The number of carbonyl (C=O) groups is 1. The minimum absolute atomic E-state index is 0.209. The van der Waals surface area contributed by atoms with Gasteiger partial charge in [-0.25, -0.2) is 4.98 Å². The molecule has 0 atom stereocenters. The van der Waals surface area contributed by atoms with E-state index in [4.69, 9.17) is 20.9 Å². The average Bonchev–Trinajstić information content (AvgIpc) is 3.02. The molecule has 3 rings (SSSR count). The number of anilines is 1. The first-order valence-electron chi connectivity index (χ1n) is 7.11. The fourth-order valence-electron chi connectivity index (χ4n) is 2.14. The van der Waals surface area contributed by atoms with E-state index >= 15 is 0 Å². The monoisotopic (exact) mass is 343 g/mol. The third-order valence-corrected chi connectivity index (χ3v) is 3.65. The lowest BCUT2D eigenvalue weighted by Crippen LogP contribution is -2.13. The lowest BCUT2D eigenvalue weighted by atomic mass is 10.1. The summed E-state index contributed by atoms with van der Waals surface area (Å²) < 4.78 is 10.0. The topological polar surface area (TPSA) is 77.2 Å². The van der Waals surface area contributed by atoms with Crippen molar-refractivity contribution in [2.45, 2.75) is 6.92 Å². The number of halogens is 1. The molecule has 0 aliphatic carbocycles. The Kier molecular flexibility index (Phi) is 4.48. The summed E-state index contributed by atoms with van der Waals surface area (Å²) in [5, 5.41) is 6.84. The molecule has 0 bridgehead atoms. The molecule has 2 aromatic heterocycles. The van der Waals surface area contributed by atoms with Crippen molar-refractivity contribution in [3.63, 3.8) is 0 Å². The van der Waals surface area contributed by atoms with Gasteiger partial charge in [0.1, 0.15) is 17.3 Å². The molecule has 24 heavy (non-hydrogen) atoms. The van der Waals surface area contributed by atoms with Crippen LogP contribution in [0.25, 0.3) is 11.1 Å². The molecule has 0 fully saturated rings. The smallest absolute Gasteiger partial charge is 0.279 e. The van der Waals surface area contributed by atoms with Crippen molar-refractivity contribution in [2.75, 3.05) is 12.4 Å². The molecule has 1 N–H and O–H groups in total. The van der Waals surface area contributed by atoms with Gasteiger partial charge in [-0.15, -0.1) is 0 Å².